The molecule has 0 atom stereocenters. The van der Waals surface area contributed by atoms with Crippen LogP contribution in [0.15, 0.2) is 12.7 Å². The molecule has 0 spiro atoms. The Balaban J connectivity index is 3.21. The first-order chi connectivity index (χ1) is 6.31. The zero-order valence-corrected chi connectivity index (χ0v) is 8.01. The van der Waals surface area contributed by atoms with Gasteiger partial charge in [-0.3, -0.25) is 4.79 Å². The number of carbonyl (C=O) groups excluding carboxylic acids is 1. The van der Waals surface area contributed by atoms with E-state index in [1.54, 1.807) is 6.08 Å². The Hall–Kier alpha value is -1.23. The zero-order valence-electron chi connectivity index (χ0n) is 8.01. The van der Waals surface area contributed by atoms with E-state index in [1.807, 2.05) is 0 Å². The minimum atomic E-state index is 0.110. The van der Waals surface area contributed by atoms with Gasteiger partial charge in [0.05, 0.1) is 0 Å². The van der Waals surface area contributed by atoms with Crippen LogP contribution in [-0.2, 0) is 4.79 Å². The molecule has 2 nitrogen and oxygen atoms in total. The van der Waals surface area contributed by atoms with Gasteiger partial charge in [0.15, 0.2) is 0 Å². The highest BCUT2D eigenvalue weighted by molar-refractivity contribution is 5.75. The second-order valence-electron chi connectivity index (χ2n) is 2.84. The number of unbranched alkanes of at least 4 members (excludes halogenated alkanes) is 2. The maximum absolute atomic E-state index is 11.1. The fourth-order valence-corrected chi connectivity index (χ4v) is 0.915. The zero-order chi connectivity index (χ0) is 9.94. The molecule has 0 aliphatic rings. The van der Waals surface area contributed by atoms with Crippen LogP contribution in [0.5, 0.6) is 0 Å². The summed E-state index contributed by atoms with van der Waals surface area (Å²) in [5.74, 6) is 2.66. The summed E-state index contributed by atoms with van der Waals surface area (Å²) in [6, 6.07) is 0. The number of terminal acetylenes is 1. The maximum atomic E-state index is 11.1. The standard InChI is InChI=1S/C11H17NO/c1-3-5-7-8-9-11(13)12-10-6-4-2/h1,4H,2,5-10H2,(H,12,13). The third-order valence-electron chi connectivity index (χ3n) is 1.65. The van der Waals surface area contributed by atoms with E-state index in [2.05, 4.69) is 17.8 Å². The van der Waals surface area contributed by atoms with E-state index in [-0.39, 0.29) is 5.91 Å². The van der Waals surface area contributed by atoms with Crippen molar-refractivity contribution in [3.8, 4) is 12.3 Å². The second kappa shape index (κ2) is 8.86. The van der Waals surface area contributed by atoms with Crippen LogP contribution in [0.25, 0.3) is 0 Å². The van der Waals surface area contributed by atoms with E-state index in [0.29, 0.717) is 13.0 Å². The van der Waals surface area contributed by atoms with Crippen LogP contribution in [-0.4, -0.2) is 12.5 Å². The molecule has 1 amide bonds. The van der Waals surface area contributed by atoms with Gasteiger partial charge in [0.2, 0.25) is 5.91 Å². The maximum Gasteiger partial charge on any atom is 0.220 e. The summed E-state index contributed by atoms with van der Waals surface area (Å²) in [6.07, 6.45) is 10.9. The molecule has 0 heterocycles. The lowest BCUT2D eigenvalue weighted by atomic mass is 10.2. The minimum Gasteiger partial charge on any atom is -0.356 e. The fraction of sp³-hybridized carbons (Fsp3) is 0.545. The lowest BCUT2D eigenvalue weighted by Crippen LogP contribution is -2.23. The van der Waals surface area contributed by atoms with Gasteiger partial charge in [-0.25, -0.2) is 0 Å². The van der Waals surface area contributed by atoms with Crippen molar-refractivity contribution in [2.75, 3.05) is 6.54 Å². The summed E-state index contributed by atoms with van der Waals surface area (Å²) in [5, 5.41) is 2.80. The van der Waals surface area contributed by atoms with Crippen LogP contribution in [0.1, 0.15) is 32.1 Å². The quantitative estimate of drug-likeness (QED) is 0.361. The van der Waals surface area contributed by atoms with Gasteiger partial charge in [-0.2, -0.15) is 0 Å². The molecule has 72 valence electrons. The van der Waals surface area contributed by atoms with Crippen molar-refractivity contribution in [3.05, 3.63) is 12.7 Å². The van der Waals surface area contributed by atoms with Crippen LogP contribution >= 0.6 is 0 Å². The van der Waals surface area contributed by atoms with Crippen molar-refractivity contribution in [3.63, 3.8) is 0 Å². The highest BCUT2D eigenvalue weighted by Gasteiger charge is 1.98. The van der Waals surface area contributed by atoms with Gasteiger partial charge in [0.1, 0.15) is 0 Å². The molecule has 1 N–H and O–H groups in total. The van der Waals surface area contributed by atoms with E-state index < -0.39 is 0 Å². The number of hydrogen-bond acceptors (Lipinski definition) is 1. The van der Waals surface area contributed by atoms with Gasteiger partial charge in [-0.1, -0.05) is 6.08 Å². The van der Waals surface area contributed by atoms with Crippen LogP contribution in [0.3, 0.4) is 0 Å². The van der Waals surface area contributed by atoms with Crippen LogP contribution in [0.4, 0.5) is 0 Å². The monoisotopic (exact) mass is 179 g/mol. The molecule has 0 aliphatic heterocycles. The molecule has 0 aromatic carbocycles. The number of hydrogen-bond donors (Lipinski definition) is 1. The molecule has 0 aromatic heterocycles. The molecule has 0 rings (SSSR count). The molecule has 0 aliphatic carbocycles. The van der Waals surface area contributed by atoms with Gasteiger partial charge in [0.25, 0.3) is 0 Å². The molecule has 0 radical (unpaired) electrons. The highest BCUT2D eigenvalue weighted by Crippen LogP contribution is 1.98. The first-order valence-electron chi connectivity index (χ1n) is 4.62. The van der Waals surface area contributed by atoms with Gasteiger partial charge in [0, 0.05) is 19.4 Å². The molecule has 0 fully saturated rings. The Bertz CT molecular complexity index is 191. The molecular weight excluding hydrogens is 162 g/mol. The first-order valence-corrected chi connectivity index (χ1v) is 4.62. The number of nitrogens with one attached hydrogen (secondary N) is 1. The van der Waals surface area contributed by atoms with Gasteiger partial charge in [-0.15, -0.1) is 18.9 Å². The SMILES string of the molecule is C#CCCCCC(=O)NCCC=C. The largest absolute Gasteiger partial charge is 0.356 e. The van der Waals surface area contributed by atoms with Crippen molar-refractivity contribution in [1.82, 2.24) is 5.32 Å². The van der Waals surface area contributed by atoms with Crippen molar-refractivity contribution >= 4 is 5.91 Å². The average molecular weight is 179 g/mol. The van der Waals surface area contributed by atoms with Crippen molar-refractivity contribution < 1.29 is 4.79 Å². The lowest BCUT2D eigenvalue weighted by molar-refractivity contribution is -0.121. The molecule has 2 heteroatoms. The van der Waals surface area contributed by atoms with Gasteiger partial charge in [-0.05, 0) is 19.3 Å². The molecule has 0 bridgehead atoms. The molecule has 0 unspecified atom stereocenters. The summed E-state index contributed by atoms with van der Waals surface area (Å²) in [7, 11) is 0. The van der Waals surface area contributed by atoms with E-state index >= 15 is 0 Å². The average Bonchev–Trinajstić information content (AvgIpc) is 2.13. The lowest BCUT2D eigenvalue weighted by Gasteiger charge is -2.01. The minimum absolute atomic E-state index is 0.110. The van der Waals surface area contributed by atoms with E-state index in [4.69, 9.17) is 6.42 Å². The molecule has 0 saturated carbocycles. The van der Waals surface area contributed by atoms with Crippen LogP contribution < -0.4 is 5.32 Å². The third kappa shape index (κ3) is 8.68. The van der Waals surface area contributed by atoms with Crippen molar-refractivity contribution in [1.29, 1.82) is 0 Å². The predicted molar refractivity (Wildman–Crippen MR) is 55.1 cm³/mol. The Morgan fingerprint density at radius 2 is 2.31 bits per heavy atom. The Labute approximate surface area is 80.4 Å². The Kier molecular flexibility index (Phi) is 8.02. The summed E-state index contributed by atoms with van der Waals surface area (Å²) < 4.78 is 0. The summed E-state index contributed by atoms with van der Waals surface area (Å²) in [6.45, 7) is 4.26. The van der Waals surface area contributed by atoms with Crippen LogP contribution in [0.2, 0.25) is 0 Å². The van der Waals surface area contributed by atoms with Crippen molar-refractivity contribution in [2.45, 2.75) is 32.1 Å². The van der Waals surface area contributed by atoms with E-state index in [9.17, 15) is 4.79 Å². The summed E-state index contributed by atoms with van der Waals surface area (Å²) >= 11 is 0. The normalized spacial score (nSPS) is 8.85. The van der Waals surface area contributed by atoms with Crippen molar-refractivity contribution in [2.24, 2.45) is 0 Å². The number of amides is 1. The third-order valence-corrected chi connectivity index (χ3v) is 1.65. The molecule has 0 saturated heterocycles. The van der Waals surface area contributed by atoms with Gasteiger partial charge < -0.3 is 5.32 Å². The molecule has 0 aromatic rings. The molecular formula is C11H17NO. The highest BCUT2D eigenvalue weighted by atomic mass is 16.1. The van der Waals surface area contributed by atoms with Crippen LogP contribution in [0, 0.1) is 12.3 Å². The number of carbonyl (C=O) groups is 1. The first kappa shape index (κ1) is 11.8. The fourth-order valence-electron chi connectivity index (χ4n) is 0.915. The Morgan fingerprint density at radius 3 is 2.92 bits per heavy atom. The Morgan fingerprint density at radius 1 is 1.54 bits per heavy atom. The topological polar surface area (TPSA) is 29.1 Å². The summed E-state index contributed by atoms with van der Waals surface area (Å²) in [5.41, 5.74) is 0. The smallest absolute Gasteiger partial charge is 0.220 e. The number of rotatable bonds is 7. The van der Waals surface area contributed by atoms with Gasteiger partial charge >= 0.3 is 0 Å². The molecule has 13 heavy (non-hydrogen) atoms. The van der Waals surface area contributed by atoms with E-state index in [0.717, 1.165) is 25.7 Å². The predicted octanol–water partition coefficient (Wildman–Crippen LogP) is 1.87. The van der Waals surface area contributed by atoms with E-state index in [1.165, 1.54) is 0 Å². The summed E-state index contributed by atoms with van der Waals surface area (Å²) in [4.78, 5) is 11.1. The second-order valence-corrected chi connectivity index (χ2v) is 2.84.